The molecular formula is C8H5ClN2O5. The van der Waals surface area contributed by atoms with E-state index in [1.165, 1.54) is 0 Å². The fourth-order valence-corrected chi connectivity index (χ4v) is 1.31. The second kappa shape index (κ2) is 4.23. The number of hydrogen-bond acceptors (Lipinski definition) is 5. The molecule has 1 rings (SSSR count). The van der Waals surface area contributed by atoms with Gasteiger partial charge in [0.25, 0.3) is 11.4 Å². The van der Waals surface area contributed by atoms with Crippen molar-refractivity contribution < 1.29 is 14.6 Å². The van der Waals surface area contributed by atoms with Gasteiger partial charge in [-0.3, -0.25) is 25.0 Å². The fraction of sp³-hybridized carbons (Fsp3) is 0.125. The smallest absolute Gasteiger partial charge is 0.295 e. The minimum Gasteiger partial charge on any atom is -0.295 e. The van der Waals surface area contributed by atoms with Crippen molar-refractivity contribution in [2.45, 2.75) is 6.92 Å². The first-order valence-corrected chi connectivity index (χ1v) is 4.35. The number of nitro groups is 2. The molecule has 0 fully saturated rings. The zero-order chi connectivity index (χ0) is 12.5. The maximum atomic E-state index is 11.0. The van der Waals surface area contributed by atoms with Crippen molar-refractivity contribution in [2.24, 2.45) is 0 Å². The quantitative estimate of drug-likeness (QED) is 0.461. The van der Waals surface area contributed by atoms with Crippen LogP contribution in [0.4, 0.5) is 11.4 Å². The number of halogens is 1. The second-order valence-electron chi connectivity index (χ2n) is 2.90. The Bertz CT molecular complexity index is 464. The maximum absolute atomic E-state index is 11.0. The van der Waals surface area contributed by atoms with Gasteiger partial charge in [-0.25, -0.2) is 0 Å². The molecule has 0 aliphatic carbocycles. The monoisotopic (exact) mass is 244 g/mol. The Morgan fingerprint density at radius 3 is 1.81 bits per heavy atom. The lowest BCUT2D eigenvalue weighted by Crippen LogP contribution is -2.00. The molecule has 8 heteroatoms. The van der Waals surface area contributed by atoms with Crippen molar-refractivity contribution in [2.75, 3.05) is 0 Å². The summed E-state index contributed by atoms with van der Waals surface area (Å²) < 4.78 is 0. The van der Waals surface area contributed by atoms with E-state index in [-0.39, 0.29) is 5.56 Å². The molecule has 0 heterocycles. The topological polar surface area (TPSA) is 103 Å². The summed E-state index contributed by atoms with van der Waals surface area (Å²) in [6.45, 7) is 1.15. The molecule has 1 aromatic carbocycles. The third-order valence-electron chi connectivity index (χ3n) is 1.83. The van der Waals surface area contributed by atoms with Crippen LogP contribution in [0.3, 0.4) is 0 Å². The van der Waals surface area contributed by atoms with Crippen LogP contribution in [-0.2, 0) is 0 Å². The third-order valence-corrected chi connectivity index (χ3v) is 2.22. The number of ketones is 1. The minimum atomic E-state index is -0.873. The lowest BCUT2D eigenvalue weighted by atomic mass is 10.1. The Labute approximate surface area is 93.9 Å². The zero-order valence-corrected chi connectivity index (χ0v) is 8.72. The van der Waals surface area contributed by atoms with Gasteiger partial charge in [0.2, 0.25) is 0 Å². The SMILES string of the molecule is CC(=O)c1cc([N+](=O)[O-])c(Cl)c([N+](=O)[O-])c1. The summed E-state index contributed by atoms with van der Waals surface area (Å²) in [5, 5.41) is 20.5. The van der Waals surface area contributed by atoms with E-state index in [0.717, 1.165) is 19.1 Å². The summed E-state index contributed by atoms with van der Waals surface area (Å²) in [7, 11) is 0. The molecule has 0 bridgehead atoms. The predicted molar refractivity (Wildman–Crippen MR) is 54.8 cm³/mol. The van der Waals surface area contributed by atoms with Crippen LogP contribution in [0.2, 0.25) is 5.02 Å². The summed E-state index contributed by atoms with van der Waals surface area (Å²) in [4.78, 5) is 30.4. The highest BCUT2D eigenvalue weighted by Gasteiger charge is 2.26. The number of hydrogen-bond donors (Lipinski definition) is 0. The highest BCUT2D eigenvalue weighted by molar-refractivity contribution is 6.35. The van der Waals surface area contributed by atoms with E-state index >= 15 is 0 Å². The molecule has 0 aliphatic heterocycles. The van der Waals surface area contributed by atoms with Gasteiger partial charge in [-0.1, -0.05) is 11.6 Å². The van der Waals surface area contributed by atoms with Gasteiger partial charge in [-0.15, -0.1) is 0 Å². The van der Waals surface area contributed by atoms with E-state index < -0.39 is 32.0 Å². The van der Waals surface area contributed by atoms with Gasteiger partial charge in [0, 0.05) is 17.7 Å². The van der Waals surface area contributed by atoms with Crippen molar-refractivity contribution in [3.05, 3.63) is 42.9 Å². The molecule has 0 saturated heterocycles. The Kier molecular flexibility index (Phi) is 3.19. The van der Waals surface area contributed by atoms with Crippen LogP contribution in [0.5, 0.6) is 0 Å². The number of nitrogens with zero attached hydrogens (tertiary/aromatic N) is 2. The number of benzene rings is 1. The average molecular weight is 245 g/mol. The predicted octanol–water partition coefficient (Wildman–Crippen LogP) is 2.36. The van der Waals surface area contributed by atoms with Crippen LogP contribution in [0.25, 0.3) is 0 Å². The molecule has 0 amide bonds. The fourth-order valence-electron chi connectivity index (χ4n) is 1.06. The lowest BCUT2D eigenvalue weighted by Gasteiger charge is -2.00. The molecule has 0 aromatic heterocycles. The number of carbonyl (C=O) groups excluding carboxylic acids is 1. The third kappa shape index (κ3) is 2.14. The zero-order valence-electron chi connectivity index (χ0n) is 7.97. The molecule has 0 unspecified atom stereocenters. The van der Waals surface area contributed by atoms with E-state index in [1.54, 1.807) is 0 Å². The molecule has 7 nitrogen and oxygen atoms in total. The summed E-state index contributed by atoms with van der Waals surface area (Å²) in [5.74, 6) is -0.511. The van der Waals surface area contributed by atoms with Gasteiger partial charge < -0.3 is 0 Å². The van der Waals surface area contributed by atoms with E-state index in [1.807, 2.05) is 0 Å². The normalized spacial score (nSPS) is 9.88. The van der Waals surface area contributed by atoms with E-state index in [4.69, 9.17) is 11.6 Å². The van der Waals surface area contributed by atoms with Crippen molar-refractivity contribution in [1.82, 2.24) is 0 Å². The second-order valence-corrected chi connectivity index (χ2v) is 3.28. The molecule has 0 saturated carbocycles. The average Bonchev–Trinajstić information content (AvgIpc) is 2.16. The Morgan fingerprint density at radius 1 is 1.19 bits per heavy atom. The maximum Gasteiger partial charge on any atom is 0.295 e. The number of Topliss-reactive ketones (excluding diaryl/α,β-unsaturated/α-hetero) is 1. The van der Waals surface area contributed by atoms with Crippen LogP contribution in [-0.4, -0.2) is 15.6 Å². The van der Waals surface area contributed by atoms with Crippen molar-refractivity contribution in [3.8, 4) is 0 Å². The Balaban J connectivity index is 3.57. The molecule has 0 radical (unpaired) electrons. The van der Waals surface area contributed by atoms with Gasteiger partial charge in [-0.2, -0.15) is 0 Å². The van der Waals surface area contributed by atoms with Gasteiger partial charge in [0.15, 0.2) is 10.8 Å². The van der Waals surface area contributed by atoms with Crippen LogP contribution in [0, 0.1) is 20.2 Å². The molecule has 0 spiro atoms. The van der Waals surface area contributed by atoms with Crippen molar-refractivity contribution in [1.29, 1.82) is 0 Å². The molecule has 16 heavy (non-hydrogen) atoms. The van der Waals surface area contributed by atoms with E-state index in [2.05, 4.69) is 0 Å². The first-order chi connectivity index (χ1) is 7.34. The lowest BCUT2D eigenvalue weighted by molar-refractivity contribution is -0.393. The highest BCUT2D eigenvalue weighted by Crippen LogP contribution is 2.34. The van der Waals surface area contributed by atoms with Crippen LogP contribution < -0.4 is 0 Å². The number of carbonyl (C=O) groups is 1. The summed E-state index contributed by atoms with van der Waals surface area (Å²) in [5.41, 5.74) is -1.43. The van der Waals surface area contributed by atoms with E-state index in [0.29, 0.717) is 0 Å². The first kappa shape index (κ1) is 12.1. The molecular weight excluding hydrogens is 240 g/mol. The first-order valence-electron chi connectivity index (χ1n) is 3.98. The molecule has 0 aliphatic rings. The van der Waals surface area contributed by atoms with Gasteiger partial charge in [-0.05, 0) is 6.92 Å². The summed E-state index contributed by atoms with van der Waals surface area (Å²) in [6.07, 6.45) is 0. The van der Waals surface area contributed by atoms with Crippen LogP contribution in [0.1, 0.15) is 17.3 Å². The number of rotatable bonds is 3. The number of nitro benzene ring substituents is 2. The molecule has 84 valence electrons. The summed E-state index contributed by atoms with van der Waals surface area (Å²) >= 11 is 5.48. The van der Waals surface area contributed by atoms with Gasteiger partial charge in [0.05, 0.1) is 9.85 Å². The van der Waals surface area contributed by atoms with Crippen molar-refractivity contribution >= 4 is 28.8 Å². The molecule has 1 aromatic rings. The van der Waals surface area contributed by atoms with E-state index in [9.17, 15) is 25.0 Å². The highest BCUT2D eigenvalue weighted by atomic mass is 35.5. The Morgan fingerprint density at radius 2 is 1.56 bits per heavy atom. The van der Waals surface area contributed by atoms with Gasteiger partial charge in [0.1, 0.15) is 0 Å². The van der Waals surface area contributed by atoms with Gasteiger partial charge >= 0.3 is 0 Å². The largest absolute Gasteiger partial charge is 0.295 e. The Hall–Kier alpha value is -2.02. The molecule has 0 atom stereocenters. The van der Waals surface area contributed by atoms with Crippen LogP contribution >= 0.6 is 11.6 Å². The summed E-state index contributed by atoms with van der Waals surface area (Å²) in [6, 6.07) is 1.83. The van der Waals surface area contributed by atoms with Crippen LogP contribution in [0.15, 0.2) is 12.1 Å². The minimum absolute atomic E-state index is 0.122. The molecule has 0 N–H and O–H groups in total. The van der Waals surface area contributed by atoms with Crippen molar-refractivity contribution in [3.63, 3.8) is 0 Å². The standard InChI is InChI=1S/C8H5ClN2O5/c1-4(12)5-2-6(10(13)14)8(9)7(3-5)11(15)16/h2-3H,1H3.